The number of halogens is 3. The Morgan fingerprint density at radius 1 is 1.03 bits per heavy atom. The number of aliphatic imine (C=N–C) groups is 1. The molecule has 39 heavy (non-hydrogen) atoms. The van der Waals surface area contributed by atoms with Gasteiger partial charge in [0.1, 0.15) is 0 Å². The first-order chi connectivity index (χ1) is 18.5. The number of nitrogens with zero attached hydrogens (tertiary/aromatic N) is 1. The van der Waals surface area contributed by atoms with Crippen LogP contribution in [0.15, 0.2) is 29.3 Å². The Bertz CT molecular complexity index is 949. The van der Waals surface area contributed by atoms with Gasteiger partial charge in [0, 0.05) is 32.0 Å². The van der Waals surface area contributed by atoms with Gasteiger partial charge in [0.05, 0.1) is 17.8 Å². The van der Waals surface area contributed by atoms with Crippen molar-refractivity contribution in [2.45, 2.75) is 63.6 Å². The summed E-state index contributed by atoms with van der Waals surface area (Å²) in [5.74, 6) is -0.362. The van der Waals surface area contributed by atoms with Crippen molar-refractivity contribution in [2.75, 3.05) is 38.2 Å². The largest absolute Gasteiger partial charge is 0.490 e. The zero-order valence-corrected chi connectivity index (χ0v) is 22.1. The Balaban J connectivity index is 0.000000532. The van der Waals surface area contributed by atoms with E-state index >= 15 is 0 Å². The van der Waals surface area contributed by atoms with Crippen LogP contribution >= 0.6 is 0 Å². The molecule has 1 aromatic carbocycles. The molecule has 0 spiro atoms. The van der Waals surface area contributed by atoms with Gasteiger partial charge in [-0.2, -0.15) is 13.2 Å². The van der Waals surface area contributed by atoms with Crippen LogP contribution in [0.4, 0.5) is 18.9 Å². The summed E-state index contributed by atoms with van der Waals surface area (Å²) in [6, 6.07) is 6.70. The van der Waals surface area contributed by atoms with Crippen LogP contribution in [0.25, 0.3) is 0 Å². The number of aromatic carboxylic acids is 1. The Labute approximate surface area is 226 Å². The minimum atomic E-state index is -5.08. The number of hydrogen-bond donors (Lipinski definition) is 4. The van der Waals surface area contributed by atoms with Gasteiger partial charge in [-0.05, 0) is 93.9 Å². The molecule has 0 atom stereocenters. The third-order valence-corrected chi connectivity index (χ3v) is 7.34. The first kappa shape index (κ1) is 30.7. The van der Waals surface area contributed by atoms with E-state index in [9.17, 15) is 18.0 Å². The highest BCUT2D eigenvalue weighted by Gasteiger charge is 2.51. The SMILES string of the molecule is CCOCCCN=C(NCCOC12CC3CC(CC(C3)C1)C2)Nc1ccc(C(=O)O)cc1.O=C(O)C(F)(F)F. The quantitative estimate of drug-likeness (QED) is 0.174. The lowest BCUT2D eigenvalue weighted by atomic mass is 9.54. The van der Waals surface area contributed by atoms with E-state index in [0.717, 1.165) is 29.9 Å². The van der Waals surface area contributed by atoms with Gasteiger partial charge in [-0.15, -0.1) is 0 Å². The number of nitrogens with one attached hydrogen (secondary N) is 2. The molecule has 4 N–H and O–H groups in total. The second-order valence-corrected chi connectivity index (χ2v) is 10.5. The molecule has 0 aromatic heterocycles. The fourth-order valence-corrected chi connectivity index (χ4v) is 6.12. The maximum absolute atomic E-state index is 11.1. The van der Waals surface area contributed by atoms with Gasteiger partial charge >= 0.3 is 18.1 Å². The van der Waals surface area contributed by atoms with E-state index in [1.54, 1.807) is 24.3 Å². The van der Waals surface area contributed by atoms with Gasteiger partial charge < -0.3 is 30.3 Å². The summed E-state index contributed by atoms with van der Waals surface area (Å²) in [5.41, 5.74) is 1.18. The molecule has 4 aliphatic carbocycles. The lowest BCUT2D eigenvalue weighted by Gasteiger charge is -2.56. The molecule has 0 heterocycles. The highest BCUT2D eigenvalue weighted by atomic mass is 19.4. The number of anilines is 1. The van der Waals surface area contributed by atoms with Gasteiger partial charge in [-0.1, -0.05) is 0 Å². The monoisotopic (exact) mass is 557 g/mol. The minimum absolute atomic E-state index is 0.116. The first-order valence-corrected chi connectivity index (χ1v) is 13.4. The Kier molecular flexibility index (Phi) is 11.0. The molecular weight excluding hydrogens is 519 g/mol. The Hall–Kier alpha value is -2.86. The highest BCUT2D eigenvalue weighted by Crippen LogP contribution is 2.57. The number of rotatable bonds is 11. The van der Waals surface area contributed by atoms with Crippen molar-refractivity contribution in [3.8, 4) is 0 Å². The molecule has 9 nitrogen and oxygen atoms in total. The molecule has 5 rings (SSSR count). The van der Waals surface area contributed by atoms with Crippen LogP contribution in [0.1, 0.15) is 62.2 Å². The van der Waals surface area contributed by atoms with Crippen LogP contribution in [0.3, 0.4) is 0 Å². The molecule has 0 radical (unpaired) electrons. The van der Waals surface area contributed by atoms with Crippen LogP contribution < -0.4 is 10.6 Å². The van der Waals surface area contributed by atoms with Crippen LogP contribution in [0.5, 0.6) is 0 Å². The summed E-state index contributed by atoms with van der Waals surface area (Å²) < 4.78 is 43.6. The number of aliphatic carboxylic acids is 1. The van der Waals surface area contributed by atoms with Crippen molar-refractivity contribution in [1.82, 2.24) is 5.32 Å². The maximum atomic E-state index is 11.1. The Morgan fingerprint density at radius 2 is 1.59 bits per heavy atom. The van der Waals surface area contributed by atoms with E-state index in [4.69, 9.17) is 24.5 Å². The average molecular weight is 558 g/mol. The number of benzene rings is 1. The zero-order valence-electron chi connectivity index (χ0n) is 22.1. The fraction of sp³-hybridized carbons (Fsp3) is 0.667. The maximum Gasteiger partial charge on any atom is 0.490 e. The van der Waals surface area contributed by atoms with E-state index in [1.165, 1.54) is 38.5 Å². The van der Waals surface area contributed by atoms with Crippen molar-refractivity contribution >= 4 is 23.6 Å². The van der Waals surface area contributed by atoms with Gasteiger partial charge in [0.25, 0.3) is 0 Å². The van der Waals surface area contributed by atoms with Crippen LogP contribution in [-0.4, -0.2) is 72.8 Å². The predicted octanol–water partition coefficient (Wildman–Crippen LogP) is 4.79. The second-order valence-electron chi connectivity index (χ2n) is 10.5. The minimum Gasteiger partial charge on any atom is -0.478 e. The number of ether oxygens (including phenoxy) is 2. The lowest BCUT2D eigenvalue weighted by molar-refractivity contribution is -0.192. The normalized spacial score (nSPS) is 25.5. The van der Waals surface area contributed by atoms with E-state index < -0.39 is 18.1 Å². The molecule has 12 heteroatoms. The summed E-state index contributed by atoms with van der Waals surface area (Å²) in [6.07, 6.45) is 3.75. The van der Waals surface area contributed by atoms with Crippen LogP contribution in [-0.2, 0) is 14.3 Å². The summed E-state index contributed by atoms with van der Waals surface area (Å²) in [5, 5.41) is 22.9. The summed E-state index contributed by atoms with van der Waals surface area (Å²) in [4.78, 5) is 24.6. The second kappa shape index (κ2) is 14.0. The van der Waals surface area contributed by atoms with Gasteiger partial charge in [0.15, 0.2) is 5.96 Å². The van der Waals surface area contributed by atoms with E-state index in [1.807, 2.05) is 6.92 Å². The number of carboxylic acids is 2. The van der Waals surface area contributed by atoms with Gasteiger partial charge in [-0.25, -0.2) is 9.59 Å². The lowest BCUT2D eigenvalue weighted by Crippen LogP contribution is -2.52. The number of carboxylic acid groups (broad SMARTS) is 2. The number of carbonyl (C=O) groups is 2. The molecule has 0 amide bonds. The van der Waals surface area contributed by atoms with Crippen molar-refractivity contribution in [3.63, 3.8) is 0 Å². The van der Waals surface area contributed by atoms with Crippen molar-refractivity contribution < 1.29 is 42.4 Å². The van der Waals surface area contributed by atoms with Crippen molar-refractivity contribution in [1.29, 1.82) is 0 Å². The highest BCUT2D eigenvalue weighted by molar-refractivity contribution is 5.94. The molecule has 4 fully saturated rings. The first-order valence-electron chi connectivity index (χ1n) is 13.4. The van der Waals surface area contributed by atoms with Crippen LogP contribution in [0, 0.1) is 17.8 Å². The third kappa shape index (κ3) is 9.68. The standard InChI is InChI=1S/C25H37N3O4.C2HF3O2/c1-2-31-10-3-8-26-24(28-22-6-4-21(5-7-22)23(29)30)27-9-11-32-25-15-18-12-19(16-25)14-20(13-18)17-25;3-2(4,5)1(6)7/h4-7,18-20H,2-3,8-17H2,1H3,(H,29,30)(H2,26,27,28);(H,6,7). The molecule has 4 bridgehead atoms. The molecule has 1 aromatic rings. The van der Waals surface area contributed by atoms with E-state index in [-0.39, 0.29) is 11.2 Å². The molecule has 0 saturated heterocycles. The molecule has 0 unspecified atom stereocenters. The van der Waals surface area contributed by atoms with Crippen molar-refractivity contribution in [3.05, 3.63) is 29.8 Å². The third-order valence-electron chi connectivity index (χ3n) is 7.34. The molecule has 0 aliphatic heterocycles. The summed E-state index contributed by atoms with van der Waals surface area (Å²) in [7, 11) is 0. The summed E-state index contributed by atoms with van der Waals surface area (Å²) in [6.45, 7) is 5.40. The molecular formula is C27H38F3N3O6. The van der Waals surface area contributed by atoms with E-state index in [0.29, 0.717) is 38.9 Å². The smallest absolute Gasteiger partial charge is 0.478 e. The fourth-order valence-electron chi connectivity index (χ4n) is 6.12. The number of guanidine groups is 1. The molecule has 4 saturated carbocycles. The number of alkyl halides is 3. The van der Waals surface area contributed by atoms with Crippen molar-refractivity contribution in [2.24, 2.45) is 22.7 Å². The van der Waals surface area contributed by atoms with Gasteiger partial charge in [0.2, 0.25) is 0 Å². The average Bonchev–Trinajstić information content (AvgIpc) is 2.85. The zero-order chi connectivity index (χ0) is 28.5. The number of hydrogen-bond acceptors (Lipinski definition) is 5. The van der Waals surface area contributed by atoms with E-state index in [2.05, 4.69) is 15.6 Å². The molecule has 218 valence electrons. The van der Waals surface area contributed by atoms with Crippen LogP contribution in [0.2, 0.25) is 0 Å². The topological polar surface area (TPSA) is 129 Å². The molecule has 4 aliphatic rings. The summed E-state index contributed by atoms with van der Waals surface area (Å²) >= 11 is 0. The Morgan fingerprint density at radius 3 is 2.08 bits per heavy atom. The predicted molar refractivity (Wildman–Crippen MR) is 139 cm³/mol. The van der Waals surface area contributed by atoms with Gasteiger partial charge in [-0.3, -0.25) is 4.99 Å².